The molecule has 6 heteroatoms. The smallest absolute Gasteiger partial charge is 0.256 e. The van der Waals surface area contributed by atoms with E-state index in [-0.39, 0.29) is 17.9 Å². The number of anilines is 1. The van der Waals surface area contributed by atoms with E-state index in [4.69, 9.17) is 4.74 Å². The fourth-order valence-corrected chi connectivity index (χ4v) is 4.13. The van der Waals surface area contributed by atoms with E-state index in [1.165, 1.54) is 0 Å². The van der Waals surface area contributed by atoms with Gasteiger partial charge in [-0.2, -0.15) is 11.3 Å². The van der Waals surface area contributed by atoms with E-state index in [2.05, 4.69) is 11.9 Å². The molecule has 2 amide bonds. The van der Waals surface area contributed by atoms with E-state index < -0.39 is 6.04 Å². The first-order valence-corrected chi connectivity index (χ1v) is 9.14. The minimum absolute atomic E-state index is 0.125. The number of ether oxygens (including phenoxy) is 1. The molecule has 0 spiro atoms. The van der Waals surface area contributed by atoms with Gasteiger partial charge in [-0.15, -0.1) is 6.58 Å². The Hall–Kier alpha value is -2.44. The summed E-state index contributed by atoms with van der Waals surface area (Å²) in [6.45, 7) is 4.52. The lowest BCUT2D eigenvalue weighted by molar-refractivity contribution is -0.122. The van der Waals surface area contributed by atoms with Crippen molar-refractivity contribution in [2.45, 2.75) is 18.6 Å². The van der Waals surface area contributed by atoms with Gasteiger partial charge in [-0.05, 0) is 46.5 Å². The maximum Gasteiger partial charge on any atom is 0.256 e. The summed E-state index contributed by atoms with van der Waals surface area (Å²) < 4.78 is 5.71. The monoisotopic (exact) mass is 354 g/mol. The summed E-state index contributed by atoms with van der Waals surface area (Å²) in [7, 11) is 0. The number of carbonyl (C=O) groups excluding carboxylic acids is 2. The molecule has 1 aromatic carbocycles. The SMILES string of the molecule is C=CCOC1CCN2C(=O)c3cc(-c4ccsc4)ccc3NC(=O)C12. The molecule has 0 aliphatic carbocycles. The van der Waals surface area contributed by atoms with Crippen molar-refractivity contribution in [2.24, 2.45) is 0 Å². The van der Waals surface area contributed by atoms with Crippen LogP contribution in [0.15, 0.2) is 47.7 Å². The third-order valence-electron chi connectivity index (χ3n) is 4.66. The fourth-order valence-electron chi connectivity index (χ4n) is 3.47. The lowest BCUT2D eigenvalue weighted by atomic mass is 10.0. The van der Waals surface area contributed by atoms with Crippen LogP contribution in [0, 0.1) is 0 Å². The van der Waals surface area contributed by atoms with Crippen molar-refractivity contribution < 1.29 is 14.3 Å². The van der Waals surface area contributed by atoms with E-state index in [0.717, 1.165) is 11.1 Å². The van der Waals surface area contributed by atoms with Crippen LogP contribution >= 0.6 is 11.3 Å². The van der Waals surface area contributed by atoms with Crippen LogP contribution in [0.5, 0.6) is 0 Å². The van der Waals surface area contributed by atoms with Gasteiger partial charge in [0.15, 0.2) is 0 Å². The second-order valence-electron chi connectivity index (χ2n) is 6.15. The summed E-state index contributed by atoms with van der Waals surface area (Å²) in [5.74, 6) is -0.318. The highest BCUT2D eigenvalue weighted by Crippen LogP contribution is 2.33. The Morgan fingerprint density at radius 1 is 1.32 bits per heavy atom. The summed E-state index contributed by atoms with van der Waals surface area (Å²) in [5.41, 5.74) is 3.14. The van der Waals surface area contributed by atoms with Crippen LogP contribution in [-0.4, -0.2) is 42.0 Å². The molecule has 1 saturated heterocycles. The zero-order valence-corrected chi connectivity index (χ0v) is 14.4. The molecule has 2 aliphatic rings. The molecule has 0 radical (unpaired) electrons. The molecule has 1 fully saturated rings. The number of rotatable bonds is 4. The molecule has 25 heavy (non-hydrogen) atoms. The molecule has 4 rings (SSSR count). The molecule has 1 N–H and O–H groups in total. The Morgan fingerprint density at radius 3 is 2.96 bits per heavy atom. The van der Waals surface area contributed by atoms with Gasteiger partial charge in [0, 0.05) is 6.54 Å². The Balaban J connectivity index is 1.70. The van der Waals surface area contributed by atoms with Crippen LogP contribution < -0.4 is 5.32 Å². The van der Waals surface area contributed by atoms with Gasteiger partial charge < -0.3 is 15.0 Å². The van der Waals surface area contributed by atoms with Gasteiger partial charge in [-0.1, -0.05) is 12.1 Å². The summed E-state index contributed by atoms with van der Waals surface area (Å²) in [6.07, 6.45) is 2.01. The van der Waals surface area contributed by atoms with Crippen molar-refractivity contribution in [1.82, 2.24) is 4.90 Å². The first kappa shape index (κ1) is 16.1. The number of amides is 2. The highest BCUT2D eigenvalue weighted by Gasteiger charge is 2.45. The van der Waals surface area contributed by atoms with Gasteiger partial charge in [-0.3, -0.25) is 9.59 Å². The zero-order chi connectivity index (χ0) is 17.4. The summed E-state index contributed by atoms with van der Waals surface area (Å²) in [6, 6.07) is 7.02. The number of hydrogen-bond acceptors (Lipinski definition) is 4. The Morgan fingerprint density at radius 2 is 2.20 bits per heavy atom. The number of fused-ring (bicyclic) bond motifs is 2. The van der Waals surface area contributed by atoms with Crippen molar-refractivity contribution in [3.05, 3.63) is 53.2 Å². The highest BCUT2D eigenvalue weighted by molar-refractivity contribution is 7.08. The lowest BCUT2D eigenvalue weighted by Gasteiger charge is -2.24. The molecule has 3 heterocycles. The first-order chi connectivity index (χ1) is 12.2. The second kappa shape index (κ2) is 6.46. The molecule has 1 aromatic heterocycles. The largest absolute Gasteiger partial charge is 0.371 e. The number of benzene rings is 1. The molecular formula is C19H18N2O3S. The van der Waals surface area contributed by atoms with Crippen LogP contribution in [0.25, 0.3) is 11.1 Å². The van der Waals surface area contributed by atoms with Crippen LogP contribution in [0.1, 0.15) is 16.8 Å². The summed E-state index contributed by atoms with van der Waals surface area (Å²) in [4.78, 5) is 27.4. The average molecular weight is 354 g/mol. The van der Waals surface area contributed by atoms with Gasteiger partial charge in [0.2, 0.25) is 5.91 Å². The molecule has 2 aromatic rings. The van der Waals surface area contributed by atoms with Crippen LogP contribution in [-0.2, 0) is 9.53 Å². The Bertz CT molecular complexity index is 831. The van der Waals surface area contributed by atoms with E-state index >= 15 is 0 Å². The van der Waals surface area contributed by atoms with Crippen molar-refractivity contribution in [3.63, 3.8) is 0 Å². The van der Waals surface area contributed by atoms with E-state index in [0.29, 0.717) is 30.8 Å². The highest BCUT2D eigenvalue weighted by atomic mass is 32.1. The van der Waals surface area contributed by atoms with E-state index in [1.54, 1.807) is 28.4 Å². The van der Waals surface area contributed by atoms with Gasteiger partial charge in [-0.25, -0.2) is 0 Å². The standard InChI is InChI=1S/C19H18N2O3S/c1-2-8-24-16-5-7-21-17(16)18(22)20-15-4-3-12(10-14(15)19(21)23)13-6-9-25-11-13/h2-4,6,9-11,16-17H,1,5,7-8H2,(H,20,22). The van der Waals surface area contributed by atoms with E-state index in [9.17, 15) is 9.59 Å². The van der Waals surface area contributed by atoms with Crippen molar-refractivity contribution in [2.75, 3.05) is 18.5 Å². The van der Waals surface area contributed by atoms with E-state index in [1.807, 2.05) is 29.0 Å². The molecule has 0 bridgehead atoms. The molecule has 5 nitrogen and oxygen atoms in total. The van der Waals surface area contributed by atoms with Crippen molar-refractivity contribution in [1.29, 1.82) is 0 Å². The Kier molecular flexibility index (Phi) is 4.15. The van der Waals surface area contributed by atoms with Crippen LogP contribution in [0.3, 0.4) is 0 Å². The summed E-state index contributed by atoms with van der Waals surface area (Å²) in [5, 5.41) is 6.94. The average Bonchev–Trinajstić information content (AvgIpc) is 3.27. The van der Waals surface area contributed by atoms with Gasteiger partial charge in [0.05, 0.1) is 24.0 Å². The molecule has 2 aliphatic heterocycles. The fraction of sp³-hybridized carbons (Fsp3) is 0.263. The predicted molar refractivity (Wildman–Crippen MR) is 97.8 cm³/mol. The number of hydrogen-bond donors (Lipinski definition) is 1. The number of carbonyl (C=O) groups is 2. The Labute approximate surface area is 149 Å². The molecule has 2 unspecified atom stereocenters. The first-order valence-electron chi connectivity index (χ1n) is 8.20. The topological polar surface area (TPSA) is 58.6 Å². The number of thiophene rings is 1. The molecular weight excluding hydrogens is 336 g/mol. The molecule has 0 saturated carbocycles. The minimum Gasteiger partial charge on any atom is -0.371 e. The second-order valence-corrected chi connectivity index (χ2v) is 6.93. The van der Waals surface area contributed by atoms with Crippen molar-refractivity contribution in [3.8, 4) is 11.1 Å². The third-order valence-corrected chi connectivity index (χ3v) is 5.35. The predicted octanol–water partition coefficient (Wildman–Crippen LogP) is 3.15. The summed E-state index contributed by atoms with van der Waals surface area (Å²) >= 11 is 1.61. The normalized spacial score (nSPS) is 22.2. The number of nitrogens with zero attached hydrogens (tertiary/aromatic N) is 1. The van der Waals surface area contributed by atoms with Crippen molar-refractivity contribution >= 4 is 28.8 Å². The van der Waals surface area contributed by atoms with Gasteiger partial charge >= 0.3 is 0 Å². The van der Waals surface area contributed by atoms with Crippen LogP contribution in [0.2, 0.25) is 0 Å². The lowest BCUT2D eigenvalue weighted by Crippen LogP contribution is -2.46. The maximum atomic E-state index is 13.1. The van der Waals surface area contributed by atoms with Gasteiger partial charge in [0.1, 0.15) is 6.04 Å². The molecule has 128 valence electrons. The zero-order valence-electron chi connectivity index (χ0n) is 13.6. The minimum atomic E-state index is -0.593. The number of nitrogens with one attached hydrogen (secondary N) is 1. The van der Waals surface area contributed by atoms with Crippen LogP contribution in [0.4, 0.5) is 5.69 Å². The molecule has 2 atom stereocenters. The quantitative estimate of drug-likeness (QED) is 0.858. The third kappa shape index (κ3) is 2.77. The maximum absolute atomic E-state index is 13.1. The van der Waals surface area contributed by atoms with Gasteiger partial charge in [0.25, 0.3) is 5.91 Å².